The number of aryl methyl sites for hydroxylation is 1. The fourth-order valence-electron chi connectivity index (χ4n) is 2.93. The Morgan fingerprint density at radius 1 is 1.21 bits per heavy atom. The number of hydrogen-bond donors (Lipinski definition) is 1. The van der Waals surface area contributed by atoms with E-state index in [2.05, 4.69) is 5.16 Å². The van der Waals surface area contributed by atoms with E-state index in [1.165, 1.54) is 25.1 Å². The highest BCUT2D eigenvalue weighted by Crippen LogP contribution is 2.50. The normalized spacial score (nSPS) is 19.3. The number of hydrogen-bond acceptors (Lipinski definition) is 3. The Kier molecular flexibility index (Phi) is 5.05. The molecule has 3 rings (SSSR count). The molecule has 0 bridgehead atoms. The molecular formula is C18H11Cl2F4NO3. The summed E-state index contributed by atoms with van der Waals surface area (Å²) in [6, 6.07) is 5.62. The van der Waals surface area contributed by atoms with Crippen molar-refractivity contribution >= 4 is 34.9 Å². The Labute approximate surface area is 166 Å². The number of nitrogens with zero attached hydrogens (tertiary/aromatic N) is 1. The smallest absolute Gasteiger partial charge is 0.435 e. The third kappa shape index (κ3) is 3.31. The second-order valence-corrected chi connectivity index (χ2v) is 7.03. The van der Waals surface area contributed by atoms with Crippen LogP contribution in [0.1, 0.15) is 33.5 Å². The quantitative estimate of drug-likeness (QED) is 0.495. The lowest BCUT2D eigenvalue weighted by Gasteiger charge is -2.29. The number of carboxylic acids is 1. The third-order valence-corrected chi connectivity index (χ3v) is 4.98. The lowest BCUT2D eigenvalue weighted by Crippen LogP contribution is -2.42. The average Bonchev–Trinajstić information content (AvgIpc) is 3.05. The zero-order valence-electron chi connectivity index (χ0n) is 14.1. The predicted octanol–water partition coefficient (Wildman–Crippen LogP) is 5.72. The molecule has 10 heteroatoms. The summed E-state index contributed by atoms with van der Waals surface area (Å²) in [4.78, 5) is 15.9. The molecule has 1 atom stereocenters. The standard InChI is InChI=1S/C18H11Cl2F4NO3/c1-8-4-9(2-3-11(8)16(26)27)14-7-17(28-25-14,18(22,23)24)10-5-12(19)15(21)13(20)6-10/h2-6H,7H2,1H3,(H,26,27)/t17-/m0/s1. The van der Waals surface area contributed by atoms with Crippen LogP contribution in [0.25, 0.3) is 0 Å². The SMILES string of the molecule is Cc1cc(C2=NO[C@@](c3cc(Cl)c(F)c(Cl)c3)(C(F)(F)F)C2)ccc1C(=O)O. The number of benzene rings is 2. The average molecular weight is 436 g/mol. The Bertz CT molecular complexity index is 984. The van der Waals surface area contributed by atoms with E-state index in [9.17, 15) is 22.4 Å². The summed E-state index contributed by atoms with van der Waals surface area (Å²) >= 11 is 11.3. The summed E-state index contributed by atoms with van der Waals surface area (Å²) in [5, 5.41) is 11.5. The Balaban J connectivity index is 2.04. The molecule has 0 amide bonds. The van der Waals surface area contributed by atoms with Crippen molar-refractivity contribution in [3.8, 4) is 0 Å². The topological polar surface area (TPSA) is 58.9 Å². The number of alkyl halides is 3. The van der Waals surface area contributed by atoms with Gasteiger partial charge in [-0.05, 0) is 42.3 Å². The lowest BCUT2D eigenvalue weighted by molar-refractivity contribution is -0.275. The van der Waals surface area contributed by atoms with Gasteiger partial charge >= 0.3 is 12.1 Å². The molecule has 0 saturated heterocycles. The molecule has 0 aliphatic carbocycles. The molecule has 1 aliphatic heterocycles. The van der Waals surface area contributed by atoms with Crippen LogP contribution in [0.2, 0.25) is 10.0 Å². The molecule has 28 heavy (non-hydrogen) atoms. The number of oxime groups is 1. The number of carbonyl (C=O) groups is 1. The molecular weight excluding hydrogens is 425 g/mol. The van der Waals surface area contributed by atoms with E-state index in [1.54, 1.807) is 0 Å². The molecule has 0 fully saturated rings. The summed E-state index contributed by atoms with van der Waals surface area (Å²) in [6.45, 7) is 1.51. The first-order valence-corrected chi connectivity index (χ1v) is 8.53. The van der Waals surface area contributed by atoms with Gasteiger partial charge in [0.05, 0.1) is 21.3 Å². The van der Waals surface area contributed by atoms with Crippen LogP contribution in [0.5, 0.6) is 0 Å². The number of aromatic carboxylic acids is 1. The largest absolute Gasteiger partial charge is 0.478 e. The summed E-state index contributed by atoms with van der Waals surface area (Å²) in [7, 11) is 0. The van der Waals surface area contributed by atoms with E-state index < -0.39 is 45.6 Å². The zero-order chi connectivity index (χ0) is 20.9. The highest BCUT2D eigenvalue weighted by Gasteiger charge is 2.62. The van der Waals surface area contributed by atoms with E-state index in [0.29, 0.717) is 5.56 Å². The van der Waals surface area contributed by atoms with Gasteiger partial charge in [0.1, 0.15) is 0 Å². The molecule has 0 radical (unpaired) electrons. The molecule has 2 aromatic rings. The van der Waals surface area contributed by atoms with Crippen LogP contribution in [-0.4, -0.2) is 23.0 Å². The van der Waals surface area contributed by atoms with Gasteiger partial charge in [0.25, 0.3) is 5.60 Å². The fraction of sp³-hybridized carbons (Fsp3) is 0.222. The van der Waals surface area contributed by atoms with Gasteiger partial charge < -0.3 is 9.94 Å². The first kappa shape index (κ1) is 20.4. The Morgan fingerprint density at radius 2 is 1.82 bits per heavy atom. The van der Waals surface area contributed by atoms with Crippen LogP contribution < -0.4 is 0 Å². The molecule has 0 aromatic heterocycles. The maximum Gasteiger partial charge on any atom is 0.435 e. The Hall–Kier alpha value is -2.32. The van der Waals surface area contributed by atoms with Gasteiger partial charge in [-0.2, -0.15) is 13.2 Å². The van der Waals surface area contributed by atoms with Crippen molar-refractivity contribution in [3.63, 3.8) is 0 Å². The second-order valence-electron chi connectivity index (χ2n) is 6.22. The molecule has 1 N–H and O–H groups in total. The van der Waals surface area contributed by atoms with Gasteiger partial charge in [-0.3, -0.25) is 0 Å². The number of halogens is 6. The summed E-state index contributed by atoms with van der Waals surface area (Å²) < 4.78 is 55.5. The van der Waals surface area contributed by atoms with Crippen molar-refractivity contribution in [2.24, 2.45) is 5.16 Å². The van der Waals surface area contributed by atoms with Gasteiger partial charge in [-0.1, -0.05) is 34.4 Å². The van der Waals surface area contributed by atoms with Crippen LogP contribution in [-0.2, 0) is 10.4 Å². The van der Waals surface area contributed by atoms with Gasteiger partial charge in [0.15, 0.2) is 5.82 Å². The first-order valence-electron chi connectivity index (χ1n) is 7.77. The van der Waals surface area contributed by atoms with Crippen LogP contribution in [0, 0.1) is 12.7 Å². The fourth-order valence-corrected chi connectivity index (χ4v) is 3.42. The van der Waals surface area contributed by atoms with Gasteiger partial charge in [-0.15, -0.1) is 0 Å². The molecule has 1 aliphatic rings. The number of rotatable bonds is 3. The minimum absolute atomic E-state index is 0.0162. The van der Waals surface area contributed by atoms with Crippen LogP contribution in [0.4, 0.5) is 17.6 Å². The monoisotopic (exact) mass is 435 g/mol. The Morgan fingerprint density at radius 3 is 2.32 bits per heavy atom. The van der Waals surface area contributed by atoms with Crippen molar-refractivity contribution in [2.75, 3.05) is 0 Å². The molecule has 0 spiro atoms. The van der Waals surface area contributed by atoms with Crippen molar-refractivity contribution in [1.82, 2.24) is 0 Å². The maximum atomic E-state index is 13.9. The third-order valence-electron chi connectivity index (χ3n) is 4.43. The summed E-state index contributed by atoms with van der Waals surface area (Å²) in [6.07, 6.45) is -5.64. The number of carboxylic acid groups (broad SMARTS) is 1. The zero-order valence-corrected chi connectivity index (χ0v) is 15.6. The highest BCUT2D eigenvalue weighted by atomic mass is 35.5. The van der Waals surface area contributed by atoms with Gasteiger partial charge in [0, 0.05) is 12.0 Å². The van der Waals surface area contributed by atoms with E-state index in [0.717, 1.165) is 12.1 Å². The molecule has 148 valence electrons. The van der Waals surface area contributed by atoms with Crippen LogP contribution in [0.3, 0.4) is 0 Å². The summed E-state index contributed by atoms with van der Waals surface area (Å²) in [5.41, 5.74) is -2.80. The van der Waals surface area contributed by atoms with Crippen molar-refractivity contribution < 1.29 is 32.3 Å². The molecule has 2 aromatic carbocycles. The lowest BCUT2D eigenvalue weighted by atomic mass is 9.86. The maximum absolute atomic E-state index is 13.9. The van der Waals surface area contributed by atoms with Crippen molar-refractivity contribution in [3.05, 3.63) is 68.4 Å². The van der Waals surface area contributed by atoms with Gasteiger partial charge in [-0.25, -0.2) is 9.18 Å². The van der Waals surface area contributed by atoms with E-state index in [4.69, 9.17) is 33.1 Å². The van der Waals surface area contributed by atoms with Gasteiger partial charge in [0.2, 0.25) is 0 Å². The molecule has 4 nitrogen and oxygen atoms in total. The first-order chi connectivity index (χ1) is 13.0. The molecule has 0 saturated carbocycles. The molecule has 1 heterocycles. The van der Waals surface area contributed by atoms with Crippen molar-refractivity contribution in [1.29, 1.82) is 0 Å². The highest BCUT2D eigenvalue weighted by molar-refractivity contribution is 6.35. The second kappa shape index (κ2) is 6.93. The predicted molar refractivity (Wildman–Crippen MR) is 94.5 cm³/mol. The molecule has 0 unspecified atom stereocenters. The van der Waals surface area contributed by atoms with E-state index in [1.807, 2.05) is 0 Å². The van der Waals surface area contributed by atoms with Crippen LogP contribution in [0.15, 0.2) is 35.5 Å². The van der Waals surface area contributed by atoms with E-state index in [-0.39, 0.29) is 16.8 Å². The minimum atomic E-state index is -4.92. The summed E-state index contributed by atoms with van der Waals surface area (Å²) in [5.74, 6) is -2.20. The van der Waals surface area contributed by atoms with Crippen LogP contribution >= 0.6 is 23.2 Å². The van der Waals surface area contributed by atoms with E-state index >= 15 is 0 Å². The minimum Gasteiger partial charge on any atom is -0.478 e. The van der Waals surface area contributed by atoms with Crippen molar-refractivity contribution in [2.45, 2.75) is 25.1 Å².